The Morgan fingerprint density at radius 3 is 2.16 bits per heavy atom. The van der Waals surface area contributed by atoms with Gasteiger partial charge in [-0.3, -0.25) is 4.21 Å². The molecule has 0 bridgehead atoms. The highest BCUT2D eigenvalue weighted by Gasteiger charge is 2.10. The van der Waals surface area contributed by atoms with Crippen molar-refractivity contribution in [3.63, 3.8) is 0 Å². The van der Waals surface area contributed by atoms with Crippen molar-refractivity contribution in [2.75, 3.05) is 37.8 Å². The lowest BCUT2D eigenvalue weighted by molar-refractivity contribution is 0.0721. The van der Waals surface area contributed by atoms with Crippen molar-refractivity contribution in [2.24, 2.45) is 10.8 Å². The van der Waals surface area contributed by atoms with Crippen LogP contribution in [0.25, 0.3) is 0 Å². The van der Waals surface area contributed by atoms with Crippen LogP contribution in [0, 0.1) is 10.8 Å². The number of rotatable bonds is 9. The highest BCUT2D eigenvalue weighted by molar-refractivity contribution is 7.84. The molecule has 0 spiro atoms. The van der Waals surface area contributed by atoms with Gasteiger partial charge in [0.25, 0.3) is 0 Å². The summed E-state index contributed by atoms with van der Waals surface area (Å²) in [6.45, 7) is 16.4. The molecule has 0 aliphatic carbocycles. The van der Waals surface area contributed by atoms with Gasteiger partial charge in [0.2, 0.25) is 0 Å². The van der Waals surface area contributed by atoms with Crippen LogP contribution in [0.1, 0.15) is 48.0 Å². The van der Waals surface area contributed by atoms with Gasteiger partial charge in [0.05, 0.1) is 6.61 Å². The summed E-state index contributed by atoms with van der Waals surface area (Å²) in [6, 6.07) is 0. The maximum atomic E-state index is 11.7. The van der Waals surface area contributed by atoms with Crippen LogP contribution >= 0.6 is 0 Å². The first-order valence-corrected chi connectivity index (χ1v) is 8.72. The van der Waals surface area contributed by atoms with Crippen LogP contribution in [0.4, 0.5) is 0 Å². The van der Waals surface area contributed by atoms with E-state index in [1.807, 2.05) is 0 Å². The molecule has 1 unspecified atom stereocenters. The van der Waals surface area contributed by atoms with E-state index >= 15 is 0 Å². The number of hydrogen-bond acceptors (Lipinski definition) is 3. The van der Waals surface area contributed by atoms with Gasteiger partial charge in [-0.2, -0.15) is 0 Å². The smallest absolute Gasteiger partial charge is 0.0514 e. The first-order valence-electron chi connectivity index (χ1n) is 7.24. The van der Waals surface area contributed by atoms with Gasteiger partial charge in [-0.05, 0) is 17.3 Å². The molecule has 0 aliphatic rings. The summed E-state index contributed by atoms with van der Waals surface area (Å²) >= 11 is 0. The summed E-state index contributed by atoms with van der Waals surface area (Å²) in [6.07, 6.45) is 0.891. The molecule has 3 nitrogen and oxygen atoms in total. The van der Waals surface area contributed by atoms with E-state index in [0.717, 1.165) is 44.2 Å². The Hall–Kier alpha value is 0.0700. The molecule has 0 aliphatic heterocycles. The Labute approximate surface area is 122 Å². The lowest BCUT2D eigenvalue weighted by Gasteiger charge is -2.18. The van der Waals surface area contributed by atoms with Gasteiger partial charge in [0.15, 0.2) is 0 Å². The molecule has 0 aromatic rings. The molecular weight excluding hydrogens is 258 g/mol. The molecule has 0 saturated carbocycles. The third kappa shape index (κ3) is 16.0. The van der Waals surface area contributed by atoms with Crippen molar-refractivity contribution in [1.29, 1.82) is 0 Å². The third-order valence-corrected chi connectivity index (χ3v) is 3.76. The first-order chi connectivity index (χ1) is 8.60. The molecule has 1 atom stereocenters. The monoisotopic (exact) mass is 291 g/mol. The van der Waals surface area contributed by atoms with Crippen LogP contribution in [0.2, 0.25) is 0 Å². The lowest BCUT2D eigenvalue weighted by Crippen LogP contribution is -2.30. The SMILES string of the molecule is CC(C)(C)CNCCS(=O)CCCOCC(C)(C)C. The molecule has 116 valence electrons. The summed E-state index contributed by atoms with van der Waals surface area (Å²) in [4.78, 5) is 0. The second-order valence-electron chi connectivity index (χ2n) is 7.55. The van der Waals surface area contributed by atoms with Crippen molar-refractivity contribution < 1.29 is 8.95 Å². The Morgan fingerprint density at radius 2 is 1.63 bits per heavy atom. The van der Waals surface area contributed by atoms with Gasteiger partial charge in [-0.25, -0.2) is 0 Å². The fourth-order valence-corrected chi connectivity index (χ4v) is 2.47. The minimum Gasteiger partial charge on any atom is -0.381 e. The number of ether oxygens (including phenoxy) is 1. The molecule has 0 rings (SSSR count). The predicted molar refractivity (Wildman–Crippen MR) is 85.1 cm³/mol. The van der Waals surface area contributed by atoms with Crippen LogP contribution in [0.15, 0.2) is 0 Å². The van der Waals surface area contributed by atoms with Crippen molar-refractivity contribution in [1.82, 2.24) is 5.32 Å². The molecule has 19 heavy (non-hydrogen) atoms. The molecular formula is C15H33NO2S. The van der Waals surface area contributed by atoms with E-state index in [1.54, 1.807) is 0 Å². The van der Waals surface area contributed by atoms with Crippen molar-refractivity contribution in [2.45, 2.75) is 48.0 Å². The third-order valence-electron chi connectivity index (χ3n) is 2.36. The highest BCUT2D eigenvalue weighted by Crippen LogP contribution is 2.12. The standard InChI is InChI=1S/C15H33NO2S/c1-14(2,3)12-16-8-11-19(17)10-7-9-18-13-15(4,5)6/h16H,7-13H2,1-6H3. The molecule has 1 N–H and O–H groups in total. The topological polar surface area (TPSA) is 38.3 Å². The Morgan fingerprint density at radius 1 is 1.00 bits per heavy atom. The Kier molecular flexibility index (Phi) is 9.12. The van der Waals surface area contributed by atoms with Crippen LogP contribution in [0.3, 0.4) is 0 Å². The molecule has 0 radical (unpaired) electrons. The number of hydrogen-bond donors (Lipinski definition) is 1. The molecule has 0 aromatic carbocycles. The van der Waals surface area contributed by atoms with E-state index in [0.29, 0.717) is 5.41 Å². The van der Waals surface area contributed by atoms with E-state index < -0.39 is 10.8 Å². The molecule has 0 amide bonds. The maximum Gasteiger partial charge on any atom is 0.0514 e. The van der Waals surface area contributed by atoms with Gasteiger partial charge in [0, 0.05) is 42.0 Å². The van der Waals surface area contributed by atoms with Gasteiger partial charge < -0.3 is 10.1 Å². The molecule has 4 heteroatoms. The maximum absolute atomic E-state index is 11.7. The summed E-state index contributed by atoms with van der Waals surface area (Å²) in [7, 11) is -0.715. The Balaban J connectivity index is 3.41. The Bertz CT molecular complexity index is 254. The van der Waals surface area contributed by atoms with Crippen LogP contribution in [0.5, 0.6) is 0 Å². The lowest BCUT2D eigenvalue weighted by atomic mass is 9.97. The molecule has 0 heterocycles. The molecule has 0 saturated heterocycles. The van der Waals surface area contributed by atoms with Crippen LogP contribution < -0.4 is 5.32 Å². The summed E-state index contributed by atoms with van der Waals surface area (Å²) < 4.78 is 17.3. The van der Waals surface area contributed by atoms with Gasteiger partial charge in [-0.1, -0.05) is 41.5 Å². The van der Waals surface area contributed by atoms with E-state index in [1.165, 1.54) is 0 Å². The second-order valence-corrected chi connectivity index (χ2v) is 9.25. The quantitative estimate of drug-likeness (QED) is 0.664. The van der Waals surface area contributed by atoms with Crippen LogP contribution in [-0.2, 0) is 15.5 Å². The van der Waals surface area contributed by atoms with E-state index in [9.17, 15) is 4.21 Å². The minimum atomic E-state index is -0.715. The van der Waals surface area contributed by atoms with Crippen molar-refractivity contribution in [3.05, 3.63) is 0 Å². The van der Waals surface area contributed by atoms with Gasteiger partial charge in [0.1, 0.15) is 0 Å². The zero-order valence-electron chi connectivity index (χ0n) is 13.7. The average Bonchev–Trinajstić information content (AvgIpc) is 2.21. The zero-order valence-corrected chi connectivity index (χ0v) is 14.5. The van der Waals surface area contributed by atoms with Crippen molar-refractivity contribution >= 4 is 10.8 Å². The summed E-state index contributed by atoms with van der Waals surface area (Å²) in [5.74, 6) is 1.50. The largest absolute Gasteiger partial charge is 0.381 e. The fraction of sp³-hybridized carbons (Fsp3) is 1.00. The minimum absolute atomic E-state index is 0.218. The normalized spacial score (nSPS) is 14.6. The van der Waals surface area contributed by atoms with Crippen molar-refractivity contribution in [3.8, 4) is 0 Å². The summed E-state index contributed by atoms with van der Waals surface area (Å²) in [5, 5.41) is 3.35. The predicted octanol–water partition coefficient (Wildman–Crippen LogP) is 2.82. The van der Waals surface area contributed by atoms with E-state index in [4.69, 9.17) is 4.74 Å². The van der Waals surface area contributed by atoms with Crippen LogP contribution in [-0.4, -0.2) is 42.0 Å². The second kappa shape index (κ2) is 9.09. The average molecular weight is 292 g/mol. The summed E-state index contributed by atoms with van der Waals surface area (Å²) in [5.41, 5.74) is 0.512. The van der Waals surface area contributed by atoms with E-state index in [-0.39, 0.29) is 5.41 Å². The highest BCUT2D eigenvalue weighted by atomic mass is 32.2. The zero-order chi connectivity index (χ0) is 14.9. The van der Waals surface area contributed by atoms with Gasteiger partial charge >= 0.3 is 0 Å². The van der Waals surface area contributed by atoms with E-state index in [2.05, 4.69) is 46.9 Å². The molecule has 0 aromatic heterocycles. The first kappa shape index (κ1) is 19.1. The fourth-order valence-electron chi connectivity index (χ4n) is 1.45. The van der Waals surface area contributed by atoms with Gasteiger partial charge in [-0.15, -0.1) is 0 Å². The molecule has 0 fully saturated rings. The number of nitrogens with one attached hydrogen (secondary N) is 1.